The number of allylic oxidation sites excluding steroid dienone is 4. The number of hydrogen-bond donors (Lipinski definition) is 2. The monoisotopic (exact) mass is 290 g/mol. The fraction of sp³-hybridized carbons (Fsp3) is 0.692. The minimum absolute atomic E-state index is 0.00999. The first kappa shape index (κ1) is 13.4. The van der Waals surface area contributed by atoms with Crippen LogP contribution in [-0.2, 0) is 0 Å². The van der Waals surface area contributed by atoms with Crippen molar-refractivity contribution in [2.75, 3.05) is 7.05 Å². The summed E-state index contributed by atoms with van der Waals surface area (Å²) in [5, 5.41) is 0. The molecule has 0 radical (unpaired) electrons. The number of halogens is 3. The van der Waals surface area contributed by atoms with E-state index in [1.54, 1.807) is 19.2 Å². The van der Waals surface area contributed by atoms with Crippen LogP contribution in [0.15, 0.2) is 22.8 Å². The molecule has 2 fully saturated rings. The van der Waals surface area contributed by atoms with Gasteiger partial charge < -0.3 is 10.6 Å². The molecule has 0 aromatic heterocycles. The summed E-state index contributed by atoms with van der Waals surface area (Å²) in [5.74, 6) is -0.347. The van der Waals surface area contributed by atoms with Crippen LogP contribution in [0.25, 0.3) is 0 Å². The van der Waals surface area contributed by atoms with Crippen molar-refractivity contribution in [1.82, 2.24) is 4.90 Å². The van der Waals surface area contributed by atoms with Crippen LogP contribution in [0.3, 0.4) is 0 Å². The van der Waals surface area contributed by atoms with Gasteiger partial charge in [-0.1, -0.05) is 6.08 Å². The Morgan fingerprint density at radius 1 is 1.37 bits per heavy atom. The Balaban J connectivity index is 1.98. The summed E-state index contributed by atoms with van der Waals surface area (Å²) in [6.45, 7) is 0. The summed E-state index contributed by atoms with van der Waals surface area (Å²) in [6.07, 6.45) is 0.819. The van der Waals surface area contributed by atoms with Gasteiger partial charge in [-0.25, -0.2) is 0 Å². The maximum atomic E-state index is 13.3. The van der Waals surface area contributed by atoms with Crippen molar-refractivity contribution in [3.05, 3.63) is 22.8 Å². The highest BCUT2D eigenvalue weighted by Gasteiger charge is 2.63. The summed E-state index contributed by atoms with van der Waals surface area (Å²) in [7, 11) is 1.54. The van der Waals surface area contributed by atoms with E-state index in [1.165, 1.54) is 4.90 Å². The standard InChI is InChI=1S/C13H17F3N2S/c1-18-9-3-2-7(19)4-6(9)5-8-10(11(8)17)12(18)13(14,15)16/h2-3,6,8,10-12,19H,4-5,17H2,1H3/t6?,8?,10?,11-,12?/m1/s1. The fourth-order valence-electron chi connectivity index (χ4n) is 3.72. The Morgan fingerprint density at radius 2 is 2.05 bits per heavy atom. The predicted molar refractivity (Wildman–Crippen MR) is 70.4 cm³/mol. The van der Waals surface area contributed by atoms with Crippen molar-refractivity contribution < 1.29 is 13.2 Å². The average molecular weight is 290 g/mol. The molecule has 2 nitrogen and oxygen atoms in total. The van der Waals surface area contributed by atoms with Gasteiger partial charge in [-0.15, -0.1) is 12.6 Å². The Labute approximate surface area is 115 Å². The zero-order valence-electron chi connectivity index (χ0n) is 10.6. The summed E-state index contributed by atoms with van der Waals surface area (Å²) in [5.41, 5.74) is 6.64. The van der Waals surface area contributed by atoms with Gasteiger partial charge in [0.2, 0.25) is 0 Å². The van der Waals surface area contributed by atoms with Crippen LogP contribution in [0.1, 0.15) is 12.8 Å². The normalized spacial score (nSPS) is 41.8. The number of nitrogens with zero attached hydrogens (tertiary/aromatic N) is 1. The van der Waals surface area contributed by atoms with Gasteiger partial charge in [0.05, 0.1) is 0 Å². The molecule has 1 heterocycles. The average Bonchev–Trinajstić information content (AvgIpc) is 2.90. The number of hydrogen-bond acceptors (Lipinski definition) is 3. The van der Waals surface area contributed by atoms with Crippen LogP contribution < -0.4 is 5.73 Å². The SMILES string of the molecule is CN1C2=CC=C(S)CC2CC2C(C1C(F)(F)F)[C@@H]2N. The van der Waals surface area contributed by atoms with Gasteiger partial charge in [0.1, 0.15) is 6.04 Å². The molecule has 2 N–H and O–H groups in total. The van der Waals surface area contributed by atoms with E-state index in [2.05, 4.69) is 12.6 Å². The number of rotatable bonds is 0. The molecule has 1 saturated carbocycles. The summed E-state index contributed by atoms with van der Waals surface area (Å²) >= 11 is 4.33. The quantitative estimate of drug-likeness (QED) is 0.671. The highest BCUT2D eigenvalue weighted by atomic mass is 32.1. The number of alkyl halides is 3. The first-order valence-electron chi connectivity index (χ1n) is 6.45. The fourth-order valence-corrected chi connectivity index (χ4v) is 4.02. The second kappa shape index (κ2) is 4.19. The summed E-state index contributed by atoms with van der Waals surface area (Å²) in [4.78, 5) is 2.33. The zero-order valence-corrected chi connectivity index (χ0v) is 11.5. The van der Waals surface area contributed by atoms with Gasteiger partial charge in [-0.2, -0.15) is 13.2 Å². The van der Waals surface area contributed by atoms with E-state index >= 15 is 0 Å². The van der Waals surface area contributed by atoms with Gasteiger partial charge in [-0.05, 0) is 29.7 Å². The highest BCUT2D eigenvalue weighted by Crippen LogP contribution is 2.55. The smallest absolute Gasteiger partial charge is 0.366 e. The van der Waals surface area contributed by atoms with Crippen LogP contribution in [0.2, 0.25) is 0 Å². The molecule has 4 unspecified atom stereocenters. The van der Waals surface area contributed by atoms with Crippen LogP contribution >= 0.6 is 12.6 Å². The van der Waals surface area contributed by atoms with E-state index < -0.39 is 18.1 Å². The van der Waals surface area contributed by atoms with Crippen molar-refractivity contribution in [3.63, 3.8) is 0 Å². The molecule has 1 aliphatic heterocycles. The number of thiol groups is 1. The largest absolute Gasteiger partial charge is 0.409 e. The number of nitrogens with two attached hydrogens (primary N) is 1. The van der Waals surface area contributed by atoms with E-state index in [0.29, 0.717) is 0 Å². The van der Waals surface area contributed by atoms with Gasteiger partial charge >= 0.3 is 6.18 Å². The molecule has 19 heavy (non-hydrogen) atoms. The number of likely N-dealkylation sites (tertiary alicyclic amines) is 1. The van der Waals surface area contributed by atoms with Crippen LogP contribution in [0.4, 0.5) is 13.2 Å². The molecule has 6 heteroatoms. The lowest BCUT2D eigenvalue weighted by Gasteiger charge is -2.36. The van der Waals surface area contributed by atoms with Crippen molar-refractivity contribution in [2.45, 2.75) is 31.1 Å². The van der Waals surface area contributed by atoms with E-state index in [1.807, 2.05) is 0 Å². The molecule has 1 saturated heterocycles. The van der Waals surface area contributed by atoms with Crippen LogP contribution in [0, 0.1) is 17.8 Å². The van der Waals surface area contributed by atoms with Gasteiger partial charge in [0.25, 0.3) is 0 Å². The first-order chi connectivity index (χ1) is 8.80. The molecule has 0 aromatic rings. The molecule has 3 rings (SSSR count). The van der Waals surface area contributed by atoms with E-state index in [9.17, 15) is 13.2 Å². The lowest BCUT2D eigenvalue weighted by Crippen LogP contribution is -2.46. The third-order valence-electron chi connectivity index (χ3n) is 4.69. The Bertz CT molecular complexity index is 457. The predicted octanol–water partition coefficient (Wildman–Crippen LogP) is 2.54. The van der Waals surface area contributed by atoms with E-state index in [4.69, 9.17) is 5.73 Å². The third-order valence-corrected chi connectivity index (χ3v) is 5.03. The van der Waals surface area contributed by atoms with Gasteiger partial charge in [0.15, 0.2) is 0 Å². The Hall–Kier alpha value is -0.620. The molecule has 0 bridgehead atoms. The molecule has 2 aliphatic carbocycles. The van der Waals surface area contributed by atoms with Crippen molar-refractivity contribution >= 4 is 12.6 Å². The molecule has 3 aliphatic rings. The topological polar surface area (TPSA) is 29.3 Å². The summed E-state index contributed by atoms with van der Waals surface area (Å²) in [6, 6.07) is -1.76. The second-order valence-electron chi connectivity index (χ2n) is 5.80. The molecule has 0 spiro atoms. The first-order valence-corrected chi connectivity index (χ1v) is 6.90. The van der Waals surface area contributed by atoms with Crippen molar-refractivity contribution in [3.8, 4) is 0 Å². The highest BCUT2D eigenvalue weighted by molar-refractivity contribution is 7.84. The third kappa shape index (κ3) is 2.09. The summed E-state index contributed by atoms with van der Waals surface area (Å²) < 4.78 is 39.9. The molecule has 0 amide bonds. The van der Waals surface area contributed by atoms with E-state index in [0.717, 1.165) is 23.4 Å². The molecular formula is C13H17F3N2S. The lowest BCUT2D eigenvalue weighted by atomic mass is 9.91. The van der Waals surface area contributed by atoms with E-state index in [-0.39, 0.29) is 17.9 Å². The van der Waals surface area contributed by atoms with Gasteiger partial charge in [-0.3, -0.25) is 0 Å². The van der Waals surface area contributed by atoms with Gasteiger partial charge in [0, 0.05) is 30.6 Å². The molecular weight excluding hydrogens is 273 g/mol. The Morgan fingerprint density at radius 3 is 2.68 bits per heavy atom. The van der Waals surface area contributed by atoms with Crippen LogP contribution in [-0.4, -0.2) is 30.2 Å². The minimum Gasteiger partial charge on any atom is -0.366 e. The van der Waals surface area contributed by atoms with Crippen molar-refractivity contribution in [2.24, 2.45) is 23.5 Å². The molecule has 106 valence electrons. The number of fused-ring (bicyclic) bond motifs is 2. The minimum atomic E-state index is -4.23. The second-order valence-corrected chi connectivity index (χ2v) is 6.38. The molecule has 0 aromatic carbocycles. The maximum Gasteiger partial charge on any atom is 0.409 e. The maximum absolute atomic E-state index is 13.3. The lowest BCUT2D eigenvalue weighted by molar-refractivity contribution is -0.182. The molecule has 5 atom stereocenters. The zero-order chi connectivity index (χ0) is 13.9. The van der Waals surface area contributed by atoms with Crippen LogP contribution in [0.5, 0.6) is 0 Å². The Kier molecular flexibility index (Phi) is 2.94. The van der Waals surface area contributed by atoms with Crippen molar-refractivity contribution in [1.29, 1.82) is 0 Å².